The summed E-state index contributed by atoms with van der Waals surface area (Å²) in [6.45, 7) is 9.64. The van der Waals surface area contributed by atoms with Crippen molar-refractivity contribution in [2.24, 2.45) is 5.16 Å². The zero-order valence-electron chi connectivity index (χ0n) is 12.5. The Balaban J connectivity index is 2.14. The molecule has 0 saturated carbocycles. The molecule has 0 aromatic rings. The van der Waals surface area contributed by atoms with Gasteiger partial charge in [0.05, 0.1) is 6.61 Å². The standard InChI is InChI=1S/C13H21BrN2O4/c1-12(2,3)19-11(17)16-8(7-18-13(16,4)5)9-6-10(14)15-20-9/h8-9H,6-7H2,1-5H3/t8-,9?/m0/s1. The molecule has 0 spiro atoms. The summed E-state index contributed by atoms with van der Waals surface area (Å²) in [6.07, 6.45) is 0.0268. The number of hydrogen-bond acceptors (Lipinski definition) is 5. The van der Waals surface area contributed by atoms with E-state index in [9.17, 15) is 4.79 Å². The van der Waals surface area contributed by atoms with E-state index in [0.29, 0.717) is 13.0 Å². The van der Waals surface area contributed by atoms with Gasteiger partial charge in [-0.05, 0) is 50.5 Å². The number of hydrogen-bond donors (Lipinski definition) is 0. The molecule has 2 heterocycles. The molecule has 2 aliphatic rings. The molecule has 2 aliphatic heterocycles. The summed E-state index contributed by atoms with van der Waals surface area (Å²) >= 11 is 3.31. The number of halogens is 1. The molecule has 0 radical (unpaired) electrons. The van der Waals surface area contributed by atoms with Gasteiger partial charge in [-0.2, -0.15) is 0 Å². The van der Waals surface area contributed by atoms with Gasteiger partial charge in [-0.15, -0.1) is 0 Å². The molecule has 114 valence electrons. The number of oxime groups is 1. The SMILES string of the molecule is CC(C)(C)OC(=O)N1[C@H](C2CC(Br)=NO2)COC1(C)C. The molecule has 2 atom stereocenters. The van der Waals surface area contributed by atoms with Crippen LogP contribution in [-0.2, 0) is 14.3 Å². The average molecular weight is 349 g/mol. The fourth-order valence-corrected chi connectivity index (χ4v) is 2.75. The fourth-order valence-electron chi connectivity index (χ4n) is 2.34. The Morgan fingerprint density at radius 3 is 2.65 bits per heavy atom. The van der Waals surface area contributed by atoms with Crippen LogP contribution in [0.3, 0.4) is 0 Å². The van der Waals surface area contributed by atoms with E-state index < -0.39 is 17.4 Å². The van der Waals surface area contributed by atoms with Crippen molar-refractivity contribution >= 4 is 26.6 Å². The second-order valence-electron chi connectivity index (χ2n) is 6.49. The molecule has 1 fully saturated rings. The summed E-state index contributed by atoms with van der Waals surface area (Å²) in [5.41, 5.74) is -1.26. The molecular weight excluding hydrogens is 328 g/mol. The third-order valence-corrected chi connectivity index (χ3v) is 3.66. The largest absolute Gasteiger partial charge is 0.444 e. The van der Waals surface area contributed by atoms with Crippen LogP contribution >= 0.6 is 15.9 Å². The Hall–Kier alpha value is -0.820. The zero-order valence-corrected chi connectivity index (χ0v) is 14.1. The summed E-state index contributed by atoms with van der Waals surface area (Å²) in [7, 11) is 0. The molecule has 0 bridgehead atoms. The Labute approximate surface area is 127 Å². The van der Waals surface area contributed by atoms with Crippen LogP contribution in [0.25, 0.3) is 0 Å². The van der Waals surface area contributed by atoms with Crippen molar-refractivity contribution < 1.29 is 19.1 Å². The topological polar surface area (TPSA) is 60.4 Å². The smallest absolute Gasteiger partial charge is 0.413 e. The van der Waals surface area contributed by atoms with Crippen molar-refractivity contribution in [3.63, 3.8) is 0 Å². The molecular formula is C13H21BrN2O4. The van der Waals surface area contributed by atoms with Gasteiger partial charge in [0, 0.05) is 6.42 Å². The lowest BCUT2D eigenvalue weighted by atomic mass is 10.1. The van der Waals surface area contributed by atoms with Crippen LogP contribution in [0, 0.1) is 0 Å². The van der Waals surface area contributed by atoms with Gasteiger partial charge in [0.25, 0.3) is 0 Å². The van der Waals surface area contributed by atoms with Gasteiger partial charge < -0.3 is 14.3 Å². The Morgan fingerprint density at radius 2 is 2.15 bits per heavy atom. The monoisotopic (exact) mass is 348 g/mol. The predicted molar refractivity (Wildman–Crippen MR) is 77.7 cm³/mol. The quantitative estimate of drug-likeness (QED) is 0.730. The normalized spacial score (nSPS) is 29.1. The van der Waals surface area contributed by atoms with Crippen LogP contribution < -0.4 is 0 Å². The summed E-state index contributed by atoms with van der Waals surface area (Å²) < 4.78 is 12.0. The summed E-state index contributed by atoms with van der Waals surface area (Å²) in [4.78, 5) is 19.4. The van der Waals surface area contributed by atoms with Gasteiger partial charge in [0.1, 0.15) is 22.0 Å². The molecule has 20 heavy (non-hydrogen) atoms. The number of nitrogens with zero attached hydrogens (tertiary/aromatic N) is 2. The first-order valence-electron chi connectivity index (χ1n) is 6.64. The molecule has 0 aliphatic carbocycles. The van der Waals surface area contributed by atoms with Crippen molar-refractivity contribution in [2.75, 3.05) is 6.61 Å². The summed E-state index contributed by atoms with van der Waals surface area (Å²) in [5, 5.41) is 3.88. The second-order valence-corrected chi connectivity index (χ2v) is 7.41. The highest BCUT2D eigenvalue weighted by Crippen LogP contribution is 2.34. The van der Waals surface area contributed by atoms with Gasteiger partial charge in [-0.25, -0.2) is 4.79 Å². The Morgan fingerprint density at radius 1 is 1.50 bits per heavy atom. The first kappa shape index (κ1) is 15.6. The van der Waals surface area contributed by atoms with Crippen LogP contribution in [0.2, 0.25) is 0 Å². The zero-order chi connectivity index (χ0) is 15.1. The third-order valence-electron chi connectivity index (χ3n) is 3.20. The van der Waals surface area contributed by atoms with Gasteiger partial charge in [-0.1, -0.05) is 5.16 Å². The van der Waals surface area contributed by atoms with Crippen LogP contribution in [0.15, 0.2) is 5.16 Å². The van der Waals surface area contributed by atoms with Crippen LogP contribution in [0.5, 0.6) is 0 Å². The number of carbonyl (C=O) groups excluding carboxylic acids is 1. The van der Waals surface area contributed by atoms with Crippen molar-refractivity contribution in [3.05, 3.63) is 0 Å². The molecule has 7 heteroatoms. The molecule has 1 unspecified atom stereocenters. The first-order valence-corrected chi connectivity index (χ1v) is 7.44. The van der Waals surface area contributed by atoms with E-state index in [4.69, 9.17) is 14.3 Å². The van der Waals surface area contributed by atoms with E-state index in [-0.39, 0.29) is 12.1 Å². The molecule has 6 nitrogen and oxygen atoms in total. The number of ether oxygens (including phenoxy) is 2. The van der Waals surface area contributed by atoms with Crippen LogP contribution in [0.1, 0.15) is 41.0 Å². The molecule has 0 N–H and O–H groups in total. The average Bonchev–Trinajstić information content (AvgIpc) is 2.79. The number of amides is 1. The maximum atomic E-state index is 12.4. The lowest BCUT2D eigenvalue weighted by molar-refractivity contribution is -0.0700. The lowest BCUT2D eigenvalue weighted by Gasteiger charge is -2.36. The van der Waals surface area contributed by atoms with Gasteiger partial charge >= 0.3 is 6.09 Å². The highest BCUT2D eigenvalue weighted by molar-refractivity contribution is 9.18. The number of carbonyl (C=O) groups is 1. The minimum atomic E-state index is -0.717. The fraction of sp³-hybridized carbons (Fsp3) is 0.846. The first-order chi connectivity index (χ1) is 9.10. The van der Waals surface area contributed by atoms with Crippen molar-refractivity contribution in [3.8, 4) is 0 Å². The van der Waals surface area contributed by atoms with E-state index in [0.717, 1.165) is 4.62 Å². The molecule has 0 aromatic carbocycles. The molecule has 1 amide bonds. The second kappa shape index (κ2) is 5.18. The highest BCUT2D eigenvalue weighted by Gasteiger charge is 2.50. The minimum absolute atomic E-state index is 0.210. The summed E-state index contributed by atoms with van der Waals surface area (Å²) in [5.74, 6) is 0. The van der Waals surface area contributed by atoms with Crippen molar-refractivity contribution in [1.29, 1.82) is 0 Å². The Kier molecular flexibility index (Phi) is 4.03. The lowest BCUT2D eigenvalue weighted by Crippen LogP contribution is -2.53. The highest BCUT2D eigenvalue weighted by atomic mass is 79.9. The van der Waals surface area contributed by atoms with Gasteiger partial charge in [0.15, 0.2) is 6.10 Å². The number of rotatable bonds is 1. The summed E-state index contributed by atoms with van der Waals surface area (Å²) in [6, 6.07) is -0.210. The maximum Gasteiger partial charge on any atom is 0.413 e. The van der Waals surface area contributed by atoms with E-state index in [1.54, 1.807) is 4.90 Å². The van der Waals surface area contributed by atoms with E-state index in [1.807, 2.05) is 34.6 Å². The molecule has 2 rings (SSSR count). The molecule has 1 saturated heterocycles. The molecule has 0 aromatic heterocycles. The minimum Gasteiger partial charge on any atom is -0.444 e. The van der Waals surface area contributed by atoms with Crippen molar-refractivity contribution in [2.45, 2.75) is 64.5 Å². The van der Waals surface area contributed by atoms with E-state index >= 15 is 0 Å². The Bertz CT molecular complexity index is 431. The van der Waals surface area contributed by atoms with Crippen LogP contribution in [0.4, 0.5) is 4.79 Å². The van der Waals surface area contributed by atoms with Crippen molar-refractivity contribution in [1.82, 2.24) is 4.90 Å². The van der Waals surface area contributed by atoms with Gasteiger partial charge in [0.2, 0.25) is 0 Å². The third kappa shape index (κ3) is 3.25. The van der Waals surface area contributed by atoms with Gasteiger partial charge in [-0.3, -0.25) is 4.90 Å². The van der Waals surface area contributed by atoms with E-state index in [1.165, 1.54) is 0 Å². The van der Waals surface area contributed by atoms with E-state index in [2.05, 4.69) is 21.1 Å². The predicted octanol–water partition coefficient (Wildman–Crippen LogP) is 2.86. The van der Waals surface area contributed by atoms with Crippen LogP contribution in [-0.4, -0.2) is 45.7 Å². The maximum absolute atomic E-state index is 12.4.